The first-order valence-corrected chi connectivity index (χ1v) is 7.53. The summed E-state index contributed by atoms with van der Waals surface area (Å²) < 4.78 is 38.2. The molecule has 2 rings (SSSR count). The molecule has 7 heteroatoms. The minimum absolute atomic E-state index is 0.446. The molecular formula is C13H18N2O4S. The lowest BCUT2D eigenvalue weighted by molar-refractivity contribution is 0.413. The standard InChI is InChI=1S/C13H18N2O4S/c1-14(2)7-6-10-9-15(20(16,17)18)13-5-4-11(19-3)8-12(10)13/h4-5,8-9H,6-7H2,1-3H3,(H,16,17,18). The van der Waals surface area contributed by atoms with Gasteiger partial charge >= 0.3 is 10.3 Å². The van der Waals surface area contributed by atoms with Crippen LogP contribution in [0.5, 0.6) is 5.75 Å². The maximum absolute atomic E-state index is 11.4. The van der Waals surface area contributed by atoms with E-state index in [-0.39, 0.29) is 0 Å². The van der Waals surface area contributed by atoms with Crippen molar-refractivity contribution in [3.8, 4) is 5.75 Å². The van der Waals surface area contributed by atoms with E-state index in [1.807, 2.05) is 19.0 Å². The van der Waals surface area contributed by atoms with Gasteiger partial charge in [0.25, 0.3) is 0 Å². The Morgan fingerprint density at radius 1 is 1.35 bits per heavy atom. The largest absolute Gasteiger partial charge is 0.497 e. The molecule has 0 saturated heterocycles. The average molecular weight is 298 g/mol. The van der Waals surface area contributed by atoms with Crippen LogP contribution in [0.25, 0.3) is 10.9 Å². The highest BCUT2D eigenvalue weighted by atomic mass is 32.2. The minimum atomic E-state index is -4.30. The Labute approximate surface area is 118 Å². The third-order valence-electron chi connectivity index (χ3n) is 3.14. The molecule has 0 aliphatic heterocycles. The van der Waals surface area contributed by atoms with E-state index in [2.05, 4.69) is 0 Å². The van der Waals surface area contributed by atoms with Gasteiger partial charge < -0.3 is 9.64 Å². The number of hydrogen-bond donors (Lipinski definition) is 1. The van der Waals surface area contributed by atoms with E-state index in [4.69, 9.17) is 4.74 Å². The van der Waals surface area contributed by atoms with Crippen molar-refractivity contribution in [3.05, 3.63) is 30.0 Å². The molecule has 1 aromatic carbocycles. The summed E-state index contributed by atoms with van der Waals surface area (Å²) >= 11 is 0. The summed E-state index contributed by atoms with van der Waals surface area (Å²) in [4.78, 5) is 2.01. The first kappa shape index (κ1) is 14.8. The molecule has 1 N–H and O–H groups in total. The molecular weight excluding hydrogens is 280 g/mol. The van der Waals surface area contributed by atoms with Crippen LogP contribution in [0.2, 0.25) is 0 Å². The molecule has 110 valence electrons. The Morgan fingerprint density at radius 2 is 2.05 bits per heavy atom. The Kier molecular flexibility index (Phi) is 4.03. The van der Waals surface area contributed by atoms with Gasteiger partial charge in [0.15, 0.2) is 0 Å². The topological polar surface area (TPSA) is 71.8 Å². The fraction of sp³-hybridized carbons (Fsp3) is 0.385. The van der Waals surface area contributed by atoms with Crippen molar-refractivity contribution in [1.29, 1.82) is 0 Å². The van der Waals surface area contributed by atoms with Crippen LogP contribution < -0.4 is 4.74 Å². The van der Waals surface area contributed by atoms with Gasteiger partial charge in [0.2, 0.25) is 0 Å². The number of rotatable bonds is 5. The third-order valence-corrected chi connectivity index (χ3v) is 3.94. The molecule has 0 atom stereocenters. The van der Waals surface area contributed by atoms with Gasteiger partial charge in [-0.1, -0.05) is 0 Å². The van der Waals surface area contributed by atoms with Gasteiger partial charge in [0, 0.05) is 18.1 Å². The third kappa shape index (κ3) is 2.95. The van der Waals surface area contributed by atoms with Crippen molar-refractivity contribution in [2.45, 2.75) is 6.42 Å². The quantitative estimate of drug-likeness (QED) is 0.845. The maximum atomic E-state index is 11.4. The zero-order chi connectivity index (χ0) is 14.9. The molecule has 0 aliphatic rings. The molecule has 0 saturated carbocycles. The predicted octanol–water partition coefficient (Wildman–Crippen LogP) is 1.40. The number of benzene rings is 1. The summed E-state index contributed by atoms with van der Waals surface area (Å²) in [5.74, 6) is 0.650. The second-order valence-electron chi connectivity index (χ2n) is 4.86. The van der Waals surface area contributed by atoms with Crippen molar-refractivity contribution in [3.63, 3.8) is 0 Å². The molecule has 0 radical (unpaired) electrons. The summed E-state index contributed by atoms with van der Waals surface area (Å²) in [6, 6.07) is 5.07. The number of likely N-dealkylation sites (N-methyl/N-ethyl adjacent to an activating group) is 1. The Balaban J connectivity index is 2.60. The summed E-state index contributed by atoms with van der Waals surface area (Å²) in [6.45, 7) is 0.780. The lowest BCUT2D eigenvalue weighted by Crippen LogP contribution is -2.15. The van der Waals surface area contributed by atoms with Gasteiger partial charge in [-0.05, 0) is 44.3 Å². The molecule has 1 aromatic heterocycles. The fourth-order valence-corrected chi connectivity index (χ4v) is 2.77. The number of methoxy groups -OCH3 is 1. The van der Waals surface area contributed by atoms with Crippen molar-refractivity contribution < 1.29 is 17.7 Å². The van der Waals surface area contributed by atoms with E-state index < -0.39 is 10.3 Å². The molecule has 20 heavy (non-hydrogen) atoms. The van der Waals surface area contributed by atoms with Crippen molar-refractivity contribution >= 4 is 21.2 Å². The van der Waals surface area contributed by atoms with Crippen LogP contribution >= 0.6 is 0 Å². The van der Waals surface area contributed by atoms with Crippen LogP contribution in [0.4, 0.5) is 0 Å². The van der Waals surface area contributed by atoms with Gasteiger partial charge in [0.1, 0.15) is 5.75 Å². The van der Waals surface area contributed by atoms with Gasteiger partial charge in [-0.15, -0.1) is 0 Å². The lowest BCUT2D eigenvalue weighted by Gasteiger charge is -2.08. The zero-order valence-corrected chi connectivity index (χ0v) is 12.5. The molecule has 0 spiro atoms. The number of fused-ring (bicyclic) bond motifs is 1. The maximum Gasteiger partial charge on any atom is 0.363 e. The van der Waals surface area contributed by atoms with E-state index in [1.54, 1.807) is 25.3 Å². The molecule has 6 nitrogen and oxygen atoms in total. The Bertz CT molecular complexity index is 719. The van der Waals surface area contributed by atoms with E-state index in [0.717, 1.165) is 21.5 Å². The number of nitrogens with zero attached hydrogens (tertiary/aromatic N) is 2. The van der Waals surface area contributed by atoms with E-state index in [9.17, 15) is 13.0 Å². The fourth-order valence-electron chi connectivity index (χ4n) is 2.11. The van der Waals surface area contributed by atoms with Crippen LogP contribution in [-0.4, -0.2) is 49.6 Å². The van der Waals surface area contributed by atoms with Crippen molar-refractivity contribution in [2.24, 2.45) is 0 Å². The molecule has 0 bridgehead atoms. The highest BCUT2D eigenvalue weighted by Gasteiger charge is 2.16. The normalized spacial score (nSPS) is 12.2. The summed E-state index contributed by atoms with van der Waals surface area (Å²) in [7, 11) is 1.15. The molecule has 0 amide bonds. The van der Waals surface area contributed by atoms with E-state index in [1.165, 1.54) is 6.20 Å². The summed E-state index contributed by atoms with van der Waals surface area (Å²) in [5, 5.41) is 0.767. The van der Waals surface area contributed by atoms with E-state index >= 15 is 0 Å². The number of ether oxygens (including phenoxy) is 1. The first-order valence-electron chi connectivity index (χ1n) is 6.13. The average Bonchev–Trinajstić information content (AvgIpc) is 2.74. The zero-order valence-electron chi connectivity index (χ0n) is 11.7. The smallest absolute Gasteiger partial charge is 0.363 e. The molecule has 0 aliphatic carbocycles. The Morgan fingerprint density at radius 3 is 2.60 bits per heavy atom. The minimum Gasteiger partial charge on any atom is -0.497 e. The van der Waals surface area contributed by atoms with Gasteiger partial charge in [-0.2, -0.15) is 8.42 Å². The number of aromatic nitrogens is 1. The highest BCUT2D eigenvalue weighted by molar-refractivity contribution is 7.84. The van der Waals surface area contributed by atoms with Crippen molar-refractivity contribution in [1.82, 2.24) is 8.87 Å². The van der Waals surface area contributed by atoms with Crippen LogP contribution in [-0.2, 0) is 16.7 Å². The highest BCUT2D eigenvalue weighted by Crippen LogP contribution is 2.27. The SMILES string of the molecule is COc1ccc2c(c1)c(CCN(C)C)cn2S(=O)(=O)O. The lowest BCUT2D eigenvalue weighted by atomic mass is 10.1. The predicted molar refractivity (Wildman–Crippen MR) is 77.7 cm³/mol. The first-order chi connectivity index (χ1) is 9.32. The summed E-state index contributed by atoms with van der Waals surface area (Å²) in [5.41, 5.74) is 1.30. The number of hydrogen-bond acceptors (Lipinski definition) is 4. The Hall–Kier alpha value is -1.57. The van der Waals surface area contributed by atoms with E-state index in [0.29, 0.717) is 17.7 Å². The van der Waals surface area contributed by atoms with Crippen LogP contribution in [0.15, 0.2) is 24.4 Å². The summed E-state index contributed by atoms with van der Waals surface area (Å²) in [6.07, 6.45) is 2.14. The van der Waals surface area contributed by atoms with Crippen molar-refractivity contribution in [2.75, 3.05) is 27.7 Å². The molecule has 0 fully saturated rings. The monoisotopic (exact) mass is 298 g/mol. The second-order valence-corrected chi connectivity index (χ2v) is 6.15. The van der Waals surface area contributed by atoms with Crippen LogP contribution in [0.3, 0.4) is 0 Å². The van der Waals surface area contributed by atoms with Crippen LogP contribution in [0, 0.1) is 0 Å². The molecule has 0 unspecified atom stereocenters. The van der Waals surface area contributed by atoms with Crippen LogP contribution in [0.1, 0.15) is 5.56 Å². The second kappa shape index (κ2) is 5.43. The van der Waals surface area contributed by atoms with Gasteiger partial charge in [-0.3, -0.25) is 4.55 Å². The van der Waals surface area contributed by atoms with Gasteiger partial charge in [0.05, 0.1) is 12.6 Å². The molecule has 2 aromatic rings. The molecule has 1 heterocycles. The van der Waals surface area contributed by atoms with Gasteiger partial charge in [-0.25, -0.2) is 3.97 Å².